The fourth-order valence-electron chi connectivity index (χ4n) is 2.19. The standard InChI is InChI=1S/C14H20BrNO.Mg.2H/c15-13-5-7-14(8-6-13)17-12-4-11-16-9-2-1-3-10-16;;;/h5-8H,1-4,9-12H2;;;/q;+2;2*-1. The van der Waals surface area contributed by atoms with Gasteiger partial charge in [0.25, 0.3) is 0 Å². The summed E-state index contributed by atoms with van der Waals surface area (Å²) in [5.74, 6) is 0.965. The van der Waals surface area contributed by atoms with Gasteiger partial charge in [-0.25, -0.2) is 0 Å². The van der Waals surface area contributed by atoms with Gasteiger partial charge >= 0.3 is 23.1 Å². The second-order valence-corrected chi connectivity index (χ2v) is 5.47. The van der Waals surface area contributed by atoms with Crippen molar-refractivity contribution in [2.75, 3.05) is 26.2 Å². The Bertz CT molecular complexity index is 334. The van der Waals surface area contributed by atoms with Crippen LogP contribution in [-0.2, 0) is 0 Å². The van der Waals surface area contributed by atoms with E-state index in [1.165, 1.54) is 38.9 Å². The van der Waals surface area contributed by atoms with Gasteiger partial charge in [-0.3, -0.25) is 0 Å². The van der Waals surface area contributed by atoms with Crippen LogP contribution in [0, 0.1) is 0 Å². The first-order valence-electron chi connectivity index (χ1n) is 6.45. The van der Waals surface area contributed by atoms with Crippen molar-refractivity contribution in [2.45, 2.75) is 25.7 Å². The molecule has 0 saturated carbocycles. The van der Waals surface area contributed by atoms with Gasteiger partial charge < -0.3 is 12.5 Å². The largest absolute Gasteiger partial charge is 2.00 e. The number of benzene rings is 1. The molecule has 2 nitrogen and oxygen atoms in total. The third kappa shape index (κ3) is 5.91. The smallest absolute Gasteiger partial charge is 1.00 e. The summed E-state index contributed by atoms with van der Waals surface area (Å²) in [6.45, 7) is 4.55. The van der Waals surface area contributed by atoms with Crippen LogP contribution in [0.15, 0.2) is 28.7 Å². The zero-order valence-corrected chi connectivity index (χ0v) is 13.9. The molecule has 1 aliphatic rings. The minimum Gasteiger partial charge on any atom is -1.00 e. The molecule has 18 heavy (non-hydrogen) atoms. The molecule has 0 unspecified atom stereocenters. The molecule has 0 bridgehead atoms. The predicted molar refractivity (Wildman–Crippen MR) is 82.5 cm³/mol. The number of likely N-dealkylation sites (tertiary alicyclic amines) is 1. The molecule has 1 saturated heterocycles. The van der Waals surface area contributed by atoms with Crippen molar-refractivity contribution in [2.24, 2.45) is 0 Å². The van der Waals surface area contributed by atoms with Crippen molar-refractivity contribution in [3.05, 3.63) is 28.7 Å². The molecule has 1 aromatic carbocycles. The van der Waals surface area contributed by atoms with Crippen molar-refractivity contribution in [1.82, 2.24) is 4.90 Å². The van der Waals surface area contributed by atoms with Crippen LogP contribution in [0.3, 0.4) is 0 Å². The number of ether oxygens (including phenoxy) is 1. The minimum atomic E-state index is 0. The molecule has 0 aromatic heterocycles. The number of nitrogens with zero attached hydrogens (tertiary/aromatic N) is 1. The van der Waals surface area contributed by atoms with E-state index in [2.05, 4.69) is 20.8 Å². The van der Waals surface area contributed by atoms with E-state index in [0.29, 0.717) is 0 Å². The number of hydrogen-bond donors (Lipinski definition) is 0. The van der Waals surface area contributed by atoms with Crippen LogP contribution in [-0.4, -0.2) is 54.2 Å². The van der Waals surface area contributed by atoms with Crippen molar-refractivity contribution in [3.8, 4) is 5.75 Å². The van der Waals surface area contributed by atoms with Crippen LogP contribution in [0.25, 0.3) is 0 Å². The van der Waals surface area contributed by atoms with Gasteiger partial charge in [0.1, 0.15) is 5.75 Å². The van der Waals surface area contributed by atoms with E-state index in [0.717, 1.165) is 23.2 Å². The second kappa shape index (κ2) is 9.18. The first kappa shape index (κ1) is 16.3. The Morgan fingerprint density at radius 2 is 1.78 bits per heavy atom. The average Bonchev–Trinajstić information content (AvgIpc) is 2.38. The normalized spacial score (nSPS) is 16.1. The Kier molecular flexibility index (Phi) is 8.30. The summed E-state index contributed by atoms with van der Waals surface area (Å²) < 4.78 is 6.80. The zero-order chi connectivity index (χ0) is 11.9. The third-order valence-corrected chi connectivity index (χ3v) is 3.68. The molecular weight excluding hydrogens is 302 g/mol. The molecule has 1 aliphatic heterocycles. The molecule has 1 aromatic rings. The Morgan fingerprint density at radius 3 is 2.44 bits per heavy atom. The van der Waals surface area contributed by atoms with Gasteiger partial charge in [-0.05, 0) is 56.6 Å². The molecule has 1 heterocycles. The van der Waals surface area contributed by atoms with Gasteiger partial charge in [-0.15, -0.1) is 0 Å². The third-order valence-electron chi connectivity index (χ3n) is 3.15. The van der Waals surface area contributed by atoms with Crippen molar-refractivity contribution < 1.29 is 7.59 Å². The molecular formula is C14H22BrMgNO. The Balaban J connectivity index is 0. The van der Waals surface area contributed by atoms with E-state index in [1.807, 2.05) is 24.3 Å². The maximum absolute atomic E-state index is 5.70. The fraction of sp³-hybridized carbons (Fsp3) is 0.571. The summed E-state index contributed by atoms with van der Waals surface area (Å²) in [6.07, 6.45) is 5.27. The van der Waals surface area contributed by atoms with E-state index in [1.54, 1.807) is 0 Å². The first-order valence-corrected chi connectivity index (χ1v) is 7.24. The van der Waals surface area contributed by atoms with Gasteiger partial charge in [-0.1, -0.05) is 22.4 Å². The second-order valence-electron chi connectivity index (χ2n) is 4.56. The van der Waals surface area contributed by atoms with Crippen LogP contribution < -0.4 is 4.74 Å². The van der Waals surface area contributed by atoms with Gasteiger partial charge in [-0.2, -0.15) is 0 Å². The summed E-state index contributed by atoms with van der Waals surface area (Å²) in [6, 6.07) is 8.04. The van der Waals surface area contributed by atoms with Crippen molar-refractivity contribution in [1.29, 1.82) is 0 Å². The summed E-state index contributed by atoms with van der Waals surface area (Å²) in [5.41, 5.74) is 0. The SMILES string of the molecule is Brc1ccc(OCCCN2CCCCC2)cc1.[H-].[H-].[Mg+2]. The summed E-state index contributed by atoms with van der Waals surface area (Å²) in [5, 5.41) is 0. The van der Waals surface area contributed by atoms with Crippen LogP contribution >= 0.6 is 15.9 Å². The van der Waals surface area contributed by atoms with Gasteiger partial charge in [0, 0.05) is 11.0 Å². The van der Waals surface area contributed by atoms with Crippen LogP contribution in [0.1, 0.15) is 28.5 Å². The fourth-order valence-corrected chi connectivity index (χ4v) is 2.46. The minimum absolute atomic E-state index is 0. The maximum atomic E-state index is 5.70. The van der Waals surface area contributed by atoms with Gasteiger partial charge in [0.2, 0.25) is 0 Å². The van der Waals surface area contributed by atoms with E-state index in [-0.39, 0.29) is 25.9 Å². The number of halogens is 1. The van der Waals surface area contributed by atoms with Crippen molar-refractivity contribution in [3.63, 3.8) is 0 Å². The molecule has 0 N–H and O–H groups in total. The first-order chi connectivity index (χ1) is 8.34. The zero-order valence-electron chi connectivity index (χ0n) is 12.9. The Hall–Kier alpha value is 0.226. The molecule has 0 amide bonds. The van der Waals surface area contributed by atoms with E-state index >= 15 is 0 Å². The number of rotatable bonds is 5. The number of hydrogen-bond acceptors (Lipinski definition) is 2. The molecule has 0 radical (unpaired) electrons. The van der Waals surface area contributed by atoms with Crippen LogP contribution in [0.4, 0.5) is 0 Å². The average molecular weight is 325 g/mol. The van der Waals surface area contributed by atoms with Crippen LogP contribution in [0.5, 0.6) is 5.75 Å². The van der Waals surface area contributed by atoms with Crippen LogP contribution in [0.2, 0.25) is 0 Å². The molecule has 4 heteroatoms. The Labute approximate surface area is 137 Å². The summed E-state index contributed by atoms with van der Waals surface area (Å²) in [7, 11) is 0. The summed E-state index contributed by atoms with van der Waals surface area (Å²) >= 11 is 3.42. The van der Waals surface area contributed by atoms with E-state index < -0.39 is 0 Å². The monoisotopic (exact) mass is 323 g/mol. The molecule has 98 valence electrons. The summed E-state index contributed by atoms with van der Waals surface area (Å²) in [4.78, 5) is 2.55. The maximum Gasteiger partial charge on any atom is 2.00 e. The topological polar surface area (TPSA) is 12.5 Å². The van der Waals surface area contributed by atoms with Crippen molar-refractivity contribution >= 4 is 39.0 Å². The predicted octanol–water partition coefficient (Wildman–Crippen LogP) is 3.55. The molecule has 0 atom stereocenters. The van der Waals surface area contributed by atoms with Gasteiger partial charge in [0.15, 0.2) is 0 Å². The van der Waals surface area contributed by atoms with E-state index in [9.17, 15) is 0 Å². The number of piperidine rings is 1. The van der Waals surface area contributed by atoms with Gasteiger partial charge in [0.05, 0.1) is 6.61 Å². The molecule has 2 rings (SSSR count). The molecule has 1 fully saturated rings. The van der Waals surface area contributed by atoms with E-state index in [4.69, 9.17) is 4.74 Å². The molecule has 0 spiro atoms. The molecule has 0 aliphatic carbocycles. The Morgan fingerprint density at radius 1 is 1.11 bits per heavy atom. The quantitative estimate of drug-likeness (QED) is 0.607.